The number of nitrogens with zero attached hydrogens (tertiary/aromatic N) is 2. The molecule has 0 fully saturated rings. The molecular weight excluding hydrogens is 204 g/mol. The molecule has 1 aromatic heterocycles. The molecule has 0 bridgehead atoms. The number of anilines is 2. The van der Waals surface area contributed by atoms with Crippen LogP contribution in [0.4, 0.5) is 11.5 Å². The lowest BCUT2D eigenvalue weighted by Gasteiger charge is -2.08. The average molecular weight is 215 g/mol. The van der Waals surface area contributed by atoms with Gasteiger partial charge in [-0.2, -0.15) is 4.98 Å². The number of halogens is 1. The minimum atomic E-state index is 0.336. The molecule has 0 atom stereocenters. The summed E-state index contributed by atoms with van der Waals surface area (Å²) >= 11 is 5.58. The van der Waals surface area contributed by atoms with Crippen molar-refractivity contribution in [2.45, 2.75) is 0 Å². The minimum Gasteiger partial charge on any atom is -0.479 e. The third-order valence-corrected chi connectivity index (χ3v) is 1.62. The first-order chi connectivity index (χ1) is 6.65. The molecule has 1 heterocycles. The third-order valence-electron chi connectivity index (χ3n) is 1.49. The maximum Gasteiger partial charge on any atom is 0.242 e. The monoisotopic (exact) mass is 214 g/mol. The average Bonchev–Trinajstić information content (AvgIpc) is 2.16. The maximum absolute atomic E-state index is 5.69. The van der Waals surface area contributed by atoms with Crippen LogP contribution in [-0.2, 0) is 0 Å². The largest absolute Gasteiger partial charge is 0.479 e. The first-order valence-corrected chi connectivity index (χ1v) is 4.24. The van der Waals surface area contributed by atoms with E-state index in [1.54, 1.807) is 0 Å². The number of rotatable bonds is 4. The number of hydrogen-bond acceptors (Lipinski definition) is 5. The van der Waals surface area contributed by atoms with Gasteiger partial charge in [0.1, 0.15) is 12.0 Å². The summed E-state index contributed by atoms with van der Waals surface area (Å²) in [6.07, 6.45) is 1.36. The Balaban J connectivity index is 2.81. The molecular formula is C8H11ClN4O. The standard InChI is InChI=1S/C8H11ClN4O/c1-5(9)3-11-7-6(10)8(14-2)13-4-12-7/h4H,1,3,10H2,2H3,(H,11,12,13). The molecule has 76 valence electrons. The summed E-state index contributed by atoms with van der Waals surface area (Å²) in [6, 6.07) is 0. The van der Waals surface area contributed by atoms with Gasteiger partial charge >= 0.3 is 0 Å². The second kappa shape index (κ2) is 4.66. The van der Waals surface area contributed by atoms with Crippen LogP contribution in [0.5, 0.6) is 5.88 Å². The molecule has 1 rings (SSSR count). The molecule has 0 aromatic carbocycles. The van der Waals surface area contributed by atoms with Crippen LogP contribution in [0.1, 0.15) is 0 Å². The van der Waals surface area contributed by atoms with Gasteiger partial charge in [0.2, 0.25) is 5.88 Å². The van der Waals surface area contributed by atoms with Gasteiger partial charge < -0.3 is 15.8 Å². The normalized spacial score (nSPS) is 9.57. The quantitative estimate of drug-likeness (QED) is 0.789. The van der Waals surface area contributed by atoms with Crippen LogP contribution >= 0.6 is 11.6 Å². The highest BCUT2D eigenvalue weighted by Crippen LogP contribution is 2.23. The van der Waals surface area contributed by atoms with Gasteiger partial charge in [0, 0.05) is 5.03 Å². The van der Waals surface area contributed by atoms with Gasteiger partial charge in [0.05, 0.1) is 13.7 Å². The fourth-order valence-electron chi connectivity index (χ4n) is 0.863. The van der Waals surface area contributed by atoms with Crippen LogP contribution < -0.4 is 15.8 Å². The number of nitrogens with two attached hydrogens (primary N) is 1. The summed E-state index contributed by atoms with van der Waals surface area (Å²) in [5.41, 5.74) is 6.05. The highest BCUT2D eigenvalue weighted by molar-refractivity contribution is 6.29. The van der Waals surface area contributed by atoms with Crippen molar-refractivity contribution in [2.75, 3.05) is 24.7 Å². The summed E-state index contributed by atoms with van der Waals surface area (Å²) < 4.78 is 4.92. The second-order valence-corrected chi connectivity index (χ2v) is 3.05. The predicted molar refractivity (Wildman–Crippen MR) is 56.5 cm³/mol. The van der Waals surface area contributed by atoms with E-state index in [9.17, 15) is 0 Å². The Kier molecular flexibility index (Phi) is 3.53. The van der Waals surface area contributed by atoms with Gasteiger partial charge in [-0.15, -0.1) is 0 Å². The van der Waals surface area contributed by atoms with E-state index < -0.39 is 0 Å². The van der Waals surface area contributed by atoms with Crippen molar-refractivity contribution in [1.82, 2.24) is 9.97 Å². The number of aromatic nitrogens is 2. The summed E-state index contributed by atoms with van der Waals surface area (Å²) in [5, 5.41) is 3.37. The molecule has 0 saturated heterocycles. The second-order valence-electron chi connectivity index (χ2n) is 2.52. The Hall–Kier alpha value is -1.49. The lowest BCUT2D eigenvalue weighted by atomic mass is 10.4. The van der Waals surface area contributed by atoms with Crippen LogP contribution in [-0.4, -0.2) is 23.6 Å². The number of hydrogen-bond donors (Lipinski definition) is 2. The number of nitrogens with one attached hydrogen (secondary N) is 1. The lowest BCUT2D eigenvalue weighted by Crippen LogP contribution is -2.07. The number of nitrogen functional groups attached to an aromatic ring is 1. The minimum absolute atomic E-state index is 0.336. The van der Waals surface area contributed by atoms with Crippen molar-refractivity contribution in [3.8, 4) is 5.88 Å². The Bertz CT molecular complexity index is 342. The van der Waals surface area contributed by atoms with Crippen molar-refractivity contribution < 1.29 is 4.74 Å². The van der Waals surface area contributed by atoms with E-state index in [-0.39, 0.29) is 0 Å². The van der Waals surface area contributed by atoms with Crippen LogP contribution in [0.25, 0.3) is 0 Å². The Labute approximate surface area is 86.9 Å². The molecule has 1 aromatic rings. The van der Waals surface area contributed by atoms with E-state index in [0.29, 0.717) is 29.0 Å². The van der Waals surface area contributed by atoms with Gasteiger partial charge in [-0.3, -0.25) is 0 Å². The Morgan fingerprint density at radius 3 is 3.00 bits per heavy atom. The summed E-state index contributed by atoms with van der Waals surface area (Å²) in [4.78, 5) is 7.76. The van der Waals surface area contributed by atoms with E-state index in [4.69, 9.17) is 22.1 Å². The fraction of sp³-hybridized carbons (Fsp3) is 0.250. The van der Waals surface area contributed by atoms with Crippen LogP contribution in [0.2, 0.25) is 0 Å². The number of ether oxygens (including phenoxy) is 1. The van der Waals surface area contributed by atoms with E-state index in [1.165, 1.54) is 13.4 Å². The molecule has 0 aliphatic carbocycles. The van der Waals surface area contributed by atoms with Crippen molar-refractivity contribution >= 4 is 23.1 Å². The third kappa shape index (κ3) is 2.50. The Morgan fingerprint density at radius 2 is 2.43 bits per heavy atom. The predicted octanol–water partition coefficient (Wildman–Crippen LogP) is 1.23. The van der Waals surface area contributed by atoms with Crippen molar-refractivity contribution in [3.63, 3.8) is 0 Å². The van der Waals surface area contributed by atoms with E-state index in [2.05, 4.69) is 21.9 Å². The smallest absolute Gasteiger partial charge is 0.242 e. The molecule has 0 unspecified atom stereocenters. The van der Waals surface area contributed by atoms with Gasteiger partial charge in [0.15, 0.2) is 5.82 Å². The zero-order valence-corrected chi connectivity index (χ0v) is 8.51. The van der Waals surface area contributed by atoms with Crippen molar-refractivity contribution in [2.24, 2.45) is 0 Å². The molecule has 3 N–H and O–H groups in total. The zero-order chi connectivity index (χ0) is 10.6. The fourth-order valence-corrected chi connectivity index (χ4v) is 0.929. The van der Waals surface area contributed by atoms with Crippen molar-refractivity contribution in [1.29, 1.82) is 0 Å². The van der Waals surface area contributed by atoms with Crippen LogP contribution in [0.3, 0.4) is 0 Å². The molecule has 0 spiro atoms. The van der Waals surface area contributed by atoms with E-state index in [1.807, 2.05) is 0 Å². The molecule has 6 heteroatoms. The molecule has 0 radical (unpaired) electrons. The molecule has 5 nitrogen and oxygen atoms in total. The van der Waals surface area contributed by atoms with Crippen molar-refractivity contribution in [3.05, 3.63) is 17.9 Å². The highest BCUT2D eigenvalue weighted by Gasteiger charge is 2.07. The molecule has 0 saturated carbocycles. The molecule has 0 aliphatic rings. The maximum atomic E-state index is 5.69. The first kappa shape index (κ1) is 10.6. The van der Waals surface area contributed by atoms with E-state index >= 15 is 0 Å². The molecule has 0 aliphatic heterocycles. The topological polar surface area (TPSA) is 73.1 Å². The Morgan fingerprint density at radius 1 is 1.71 bits per heavy atom. The molecule has 0 amide bonds. The van der Waals surface area contributed by atoms with Gasteiger partial charge in [-0.05, 0) is 0 Å². The van der Waals surface area contributed by atoms with E-state index in [0.717, 1.165) is 0 Å². The zero-order valence-electron chi connectivity index (χ0n) is 7.75. The number of methoxy groups -OCH3 is 1. The van der Waals surface area contributed by atoms with Crippen LogP contribution in [0.15, 0.2) is 17.9 Å². The summed E-state index contributed by atoms with van der Waals surface area (Å²) in [6.45, 7) is 3.92. The van der Waals surface area contributed by atoms with Gasteiger partial charge in [-0.1, -0.05) is 18.2 Å². The highest BCUT2D eigenvalue weighted by atomic mass is 35.5. The van der Waals surface area contributed by atoms with Gasteiger partial charge in [-0.25, -0.2) is 4.98 Å². The summed E-state index contributed by atoms with van der Waals surface area (Å²) in [7, 11) is 1.49. The SMILES string of the molecule is C=C(Cl)CNc1ncnc(OC)c1N. The lowest BCUT2D eigenvalue weighted by molar-refractivity contribution is 0.399. The van der Waals surface area contributed by atoms with Gasteiger partial charge in [0.25, 0.3) is 0 Å². The van der Waals surface area contributed by atoms with Crippen LogP contribution in [0, 0.1) is 0 Å². The molecule has 14 heavy (non-hydrogen) atoms. The first-order valence-electron chi connectivity index (χ1n) is 3.86. The summed E-state index contributed by atoms with van der Waals surface area (Å²) in [5.74, 6) is 0.821.